The van der Waals surface area contributed by atoms with Crippen LogP contribution < -0.4 is 5.32 Å². The molecule has 5 heteroatoms. The van der Waals surface area contributed by atoms with Crippen molar-refractivity contribution in [3.05, 3.63) is 57.1 Å². The molecule has 0 aromatic carbocycles. The van der Waals surface area contributed by atoms with Gasteiger partial charge in [0.25, 0.3) is 0 Å². The van der Waals surface area contributed by atoms with Crippen molar-refractivity contribution in [2.45, 2.75) is 32.1 Å². The lowest BCUT2D eigenvalue weighted by atomic mass is 9.78. The maximum absolute atomic E-state index is 12.6. The van der Waals surface area contributed by atoms with Crippen molar-refractivity contribution in [2.24, 2.45) is 0 Å². The van der Waals surface area contributed by atoms with E-state index in [0.717, 1.165) is 34.7 Å². The number of Topliss-reactive ketones (excluding diaryl/α,β-unsaturated/α-hetero) is 1. The van der Waals surface area contributed by atoms with Crippen molar-refractivity contribution in [3.63, 3.8) is 0 Å². The van der Waals surface area contributed by atoms with Crippen LogP contribution in [-0.2, 0) is 4.79 Å². The fourth-order valence-corrected chi connectivity index (χ4v) is 5.44. The standard InChI is InChI=1S/C19H16N2OS2/c1-11-12(10-20)18(19-13(21-11)4-2-5-14(19)22)17-8-7-16(24-17)15-6-3-9-23-15/h3,6-9,18,21H,2,4-5H2,1H3/t18-/m0/s1. The van der Waals surface area contributed by atoms with Crippen molar-refractivity contribution in [3.8, 4) is 15.8 Å². The van der Waals surface area contributed by atoms with E-state index in [1.807, 2.05) is 13.0 Å². The first-order chi connectivity index (χ1) is 11.7. The maximum Gasteiger partial charge on any atom is 0.161 e. The molecular formula is C19H16N2OS2. The summed E-state index contributed by atoms with van der Waals surface area (Å²) in [6.07, 6.45) is 2.35. The molecule has 2 aromatic heterocycles. The van der Waals surface area contributed by atoms with Gasteiger partial charge < -0.3 is 5.32 Å². The number of nitrogens with one attached hydrogen (secondary N) is 1. The van der Waals surface area contributed by atoms with Crippen LogP contribution in [0.15, 0.2) is 52.2 Å². The topological polar surface area (TPSA) is 52.9 Å². The SMILES string of the molecule is CC1=C(C#N)[C@@H](c2ccc(-c3cccs3)s2)C2=C(CCCC2=O)N1. The van der Waals surface area contributed by atoms with E-state index < -0.39 is 0 Å². The zero-order chi connectivity index (χ0) is 16.7. The summed E-state index contributed by atoms with van der Waals surface area (Å²) in [5.74, 6) is -0.0298. The Kier molecular flexibility index (Phi) is 3.87. The average Bonchev–Trinajstić information content (AvgIpc) is 3.25. The summed E-state index contributed by atoms with van der Waals surface area (Å²) in [4.78, 5) is 16.1. The summed E-state index contributed by atoms with van der Waals surface area (Å²) in [6.45, 7) is 1.93. The van der Waals surface area contributed by atoms with Crippen LogP contribution in [0.1, 0.15) is 37.0 Å². The number of carbonyl (C=O) groups is 1. The van der Waals surface area contributed by atoms with E-state index in [0.29, 0.717) is 12.0 Å². The fraction of sp³-hybridized carbons (Fsp3) is 0.263. The van der Waals surface area contributed by atoms with Crippen molar-refractivity contribution < 1.29 is 4.79 Å². The lowest BCUT2D eigenvalue weighted by Crippen LogP contribution is -2.30. The zero-order valence-corrected chi connectivity index (χ0v) is 14.9. The molecule has 3 nitrogen and oxygen atoms in total. The van der Waals surface area contributed by atoms with Crippen molar-refractivity contribution >= 4 is 28.5 Å². The minimum absolute atomic E-state index is 0.181. The molecule has 2 aliphatic rings. The van der Waals surface area contributed by atoms with Crippen LogP contribution in [0.5, 0.6) is 0 Å². The van der Waals surface area contributed by atoms with E-state index in [-0.39, 0.29) is 11.7 Å². The van der Waals surface area contributed by atoms with Crippen LogP contribution in [0.25, 0.3) is 9.75 Å². The Morgan fingerprint density at radius 1 is 1.25 bits per heavy atom. The van der Waals surface area contributed by atoms with Crippen LogP contribution in [-0.4, -0.2) is 5.78 Å². The molecule has 3 heterocycles. The number of nitriles is 1. The molecule has 0 fully saturated rings. The number of rotatable bonds is 2. The molecule has 0 spiro atoms. The first-order valence-corrected chi connectivity index (χ1v) is 9.66. The molecule has 0 saturated heterocycles. The number of ketones is 1. The van der Waals surface area contributed by atoms with Crippen molar-refractivity contribution in [1.82, 2.24) is 5.32 Å². The van der Waals surface area contributed by atoms with Gasteiger partial charge in [0.2, 0.25) is 0 Å². The minimum atomic E-state index is -0.210. The van der Waals surface area contributed by atoms with E-state index in [1.54, 1.807) is 22.7 Å². The Hall–Kier alpha value is -2.16. The molecule has 0 saturated carbocycles. The summed E-state index contributed by atoms with van der Waals surface area (Å²) in [6, 6.07) is 10.7. The highest BCUT2D eigenvalue weighted by Gasteiger charge is 2.36. The highest BCUT2D eigenvalue weighted by atomic mass is 32.1. The van der Waals surface area contributed by atoms with Gasteiger partial charge in [-0.3, -0.25) is 4.79 Å². The third-order valence-corrected chi connectivity index (χ3v) is 6.79. The molecule has 1 aliphatic carbocycles. The monoisotopic (exact) mass is 352 g/mol. The van der Waals surface area contributed by atoms with Gasteiger partial charge in [-0.2, -0.15) is 5.26 Å². The minimum Gasteiger partial charge on any atom is -0.361 e. The predicted octanol–water partition coefficient (Wildman–Crippen LogP) is 4.97. The second-order valence-electron chi connectivity index (χ2n) is 6.06. The average molecular weight is 352 g/mol. The van der Waals surface area contributed by atoms with Crippen molar-refractivity contribution in [2.75, 3.05) is 0 Å². The van der Waals surface area contributed by atoms with E-state index in [1.165, 1.54) is 9.75 Å². The summed E-state index contributed by atoms with van der Waals surface area (Å²) in [5, 5.41) is 15.1. The Bertz CT molecular complexity index is 910. The number of hydrogen-bond acceptors (Lipinski definition) is 5. The summed E-state index contributed by atoms with van der Waals surface area (Å²) < 4.78 is 0. The lowest BCUT2D eigenvalue weighted by molar-refractivity contribution is -0.116. The number of dihydropyridines is 1. The first-order valence-electron chi connectivity index (χ1n) is 7.96. The van der Waals surface area contributed by atoms with Crippen LogP contribution in [0, 0.1) is 11.3 Å². The molecule has 24 heavy (non-hydrogen) atoms. The van der Waals surface area contributed by atoms with Gasteiger partial charge >= 0.3 is 0 Å². The lowest BCUT2D eigenvalue weighted by Gasteiger charge is -2.31. The van der Waals surface area contributed by atoms with Crippen LogP contribution in [0.2, 0.25) is 0 Å². The van der Waals surface area contributed by atoms with Gasteiger partial charge in [-0.25, -0.2) is 0 Å². The maximum atomic E-state index is 12.6. The van der Waals surface area contributed by atoms with E-state index in [2.05, 4.69) is 35.0 Å². The van der Waals surface area contributed by atoms with Gasteiger partial charge in [-0.1, -0.05) is 6.07 Å². The molecule has 0 amide bonds. The van der Waals surface area contributed by atoms with Gasteiger partial charge in [-0.15, -0.1) is 22.7 Å². The summed E-state index contributed by atoms with van der Waals surface area (Å²) in [7, 11) is 0. The van der Waals surface area contributed by atoms with Crippen LogP contribution in [0.4, 0.5) is 0 Å². The molecule has 0 radical (unpaired) electrons. The van der Waals surface area contributed by atoms with Crippen LogP contribution in [0.3, 0.4) is 0 Å². The molecule has 1 aliphatic heterocycles. The van der Waals surface area contributed by atoms with Gasteiger partial charge in [0.1, 0.15) is 0 Å². The zero-order valence-electron chi connectivity index (χ0n) is 13.3. The quantitative estimate of drug-likeness (QED) is 0.830. The third kappa shape index (κ3) is 2.43. The second kappa shape index (κ2) is 6.04. The van der Waals surface area contributed by atoms with E-state index in [4.69, 9.17) is 0 Å². The molecule has 1 atom stereocenters. The van der Waals surface area contributed by atoms with Gasteiger partial charge in [0.15, 0.2) is 5.78 Å². The highest BCUT2D eigenvalue weighted by Crippen LogP contribution is 2.45. The molecule has 1 N–H and O–H groups in total. The highest BCUT2D eigenvalue weighted by molar-refractivity contribution is 7.21. The Labute approximate surface area is 148 Å². The second-order valence-corrected chi connectivity index (χ2v) is 8.12. The molecular weight excluding hydrogens is 336 g/mol. The van der Waals surface area contributed by atoms with Gasteiger partial charge in [0.05, 0.1) is 17.6 Å². The van der Waals surface area contributed by atoms with Gasteiger partial charge in [-0.05, 0) is 43.3 Å². The Morgan fingerprint density at radius 2 is 2.12 bits per heavy atom. The normalized spacial score (nSPS) is 20.7. The van der Waals surface area contributed by atoms with Crippen LogP contribution >= 0.6 is 22.7 Å². The largest absolute Gasteiger partial charge is 0.361 e. The number of thiophene rings is 2. The smallest absolute Gasteiger partial charge is 0.161 e. The number of nitrogens with zero attached hydrogens (tertiary/aromatic N) is 1. The van der Waals surface area contributed by atoms with E-state index in [9.17, 15) is 10.1 Å². The fourth-order valence-electron chi connectivity index (χ4n) is 3.48. The molecule has 0 unspecified atom stereocenters. The molecule has 0 bridgehead atoms. The van der Waals surface area contributed by atoms with Crippen molar-refractivity contribution in [1.29, 1.82) is 5.26 Å². The first kappa shape index (κ1) is 15.4. The molecule has 120 valence electrons. The number of allylic oxidation sites excluding steroid dienone is 4. The number of hydrogen-bond donors (Lipinski definition) is 1. The Morgan fingerprint density at radius 3 is 2.88 bits per heavy atom. The third-order valence-electron chi connectivity index (χ3n) is 4.57. The summed E-state index contributed by atoms with van der Waals surface area (Å²) >= 11 is 3.40. The predicted molar refractivity (Wildman–Crippen MR) is 97.7 cm³/mol. The number of carbonyl (C=O) groups excluding carboxylic acids is 1. The summed E-state index contributed by atoms with van der Waals surface area (Å²) in [5.41, 5.74) is 3.37. The van der Waals surface area contributed by atoms with E-state index >= 15 is 0 Å². The Balaban J connectivity index is 1.83. The molecule has 4 rings (SSSR count). The molecule has 2 aromatic rings. The van der Waals surface area contributed by atoms with Gasteiger partial charge in [0, 0.05) is 38.0 Å².